The normalized spacial score (nSPS) is 8.50. The van der Waals surface area contributed by atoms with Crippen molar-refractivity contribution in [3.8, 4) is 0 Å². The topological polar surface area (TPSA) is 178 Å². The van der Waals surface area contributed by atoms with E-state index in [1.165, 1.54) is 0 Å². The average Bonchev–Trinajstić information content (AvgIpc) is 2.01. The zero-order valence-corrected chi connectivity index (χ0v) is 11.1. The van der Waals surface area contributed by atoms with Gasteiger partial charge in [0.2, 0.25) is 5.69 Å². The van der Waals surface area contributed by atoms with E-state index in [-0.39, 0.29) is 58.3 Å². The maximum absolute atomic E-state index is 10.8. The number of hydrogen-bond donors (Lipinski definition) is 3. The van der Waals surface area contributed by atoms with Gasteiger partial charge < -0.3 is 12.0 Å². The Labute approximate surface area is 130 Å². The van der Waals surface area contributed by atoms with E-state index >= 15 is 0 Å². The van der Waals surface area contributed by atoms with E-state index in [1.807, 2.05) is 0 Å². The van der Waals surface area contributed by atoms with Crippen molar-refractivity contribution >= 4 is 11.7 Å². The second-order valence-corrected chi connectivity index (χ2v) is 2.19. The molecule has 84 valence electrons. The van der Waals surface area contributed by atoms with Gasteiger partial charge in [0.25, 0.3) is 0 Å². The third-order valence-electron chi connectivity index (χ3n) is 1.31. The molecule has 1 aromatic rings. The van der Waals surface area contributed by atoms with Gasteiger partial charge in [-0.05, 0) is 0 Å². The van der Waals surface area contributed by atoms with Gasteiger partial charge in [0.15, 0.2) is 0 Å². The fraction of sp³-hybridized carbons (Fsp3) is 0. The number of carboxylic acids is 1. The summed E-state index contributed by atoms with van der Waals surface area (Å²) in [5.41, 5.74) is -4.70. The Morgan fingerprint density at radius 2 is 1.88 bits per heavy atom. The van der Waals surface area contributed by atoms with Crippen LogP contribution in [0.4, 0.5) is 5.69 Å². The monoisotopic (exact) mass is 259 g/mol. The summed E-state index contributed by atoms with van der Waals surface area (Å²) in [6.07, 6.45) is 0. The van der Waals surface area contributed by atoms with Gasteiger partial charge in [-0.3, -0.25) is 24.9 Å². The molecule has 5 N–H and O–H groups in total. The molecule has 0 bridgehead atoms. The van der Waals surface area contributed by atoms with Crippen LogP contribution in [-0.4, -0.2) is 31.4 Å². The summed E-state index contributed by atoms with van der Waals surface area (Å²) in [4.78, 5) is 44.1. The van der Waals surface area contributed by atoms with E-state index in [4.69, 9.17) is 5.11 Å². The maximum atomic E-state index is 10.8. The molecule has 0 atom stereocenters. The van der Waals surface area contributed by atoms with Crippen molar-refractivity contribution in [3.63, 3.8) is 0 Å². The quantitative estimate of drug-likeness (QED) is 0.271. The van der Waals surface area contributed by atoms with Gasteiger partial charge in [-0.15, -0.1) is 0 Å². The van der Waals surface area contributed by atoms with E-state index in [9.17, 15) is 24.5 Å². The first-order valence-electron chi connectivity index (χ1n) is 3.17. The van der Waals surface area contributed by atoms with E-state index in [0.29, 0.717) is 0 Å². The molecule has 0 aliphatic carbocycles. The molecule has 0 saturated heterocycles. The minimum absolute atomic E-state index is 0. The van der Waals surface area contributed by atoms with Crippen LogP contribution in [0.5, 0.6) is 0 Å². The minimum Gasteiger partial charge on any atom is -1.00 e. The molecule has 11 heteroatoms. The van der Waals surface area contributed by atoms with Gasteiger partial charge in [0, 0.05) is 0 Å². The van der Waals surface area contributed by atoms with Gasteiger partial charge in [-0.1, -0.05) is 0 Å². The summed E-state index contributed by atoms with van der Waals surface area (Å²) in [6, 6.07) is 0. The number of nitrogens with one attached hydrogen (secondary N) is 2. The molecule has 0 spiro atoms. The maximum Gasteiger partial charge on any atom is 1.00 e. The molecule has 0 aromatic carbocycles. The molecular weight excluding hydrogens is 253 g/mol. The first-order valence-corrected chi connectivity index (χ1v) is 3.17. The van der Waals surface area contributed by atoms with Gasteiger partial charge in [0.1, 0.15) is 0 Å². The second kappa shape index (κ2) is 6.67. The van der Waals surface area contributed by atoms with Crippen LogP contribution in [0.2, 0.25) is 0 Å². The average molecular weight is 259 g/mol. The van der Waals surface area contributed by atoms with Crippen LogP contribution in [0.25, 0.3) is 0 Å². The molecule has 0 aliphatic rings. The third kappa shape index (κ3) is 3.62. The molecule has 0 amide bonds. The van der Waals surface area contributed by atoms with Crippen molar-refractivity contribution in [1.29, 1.82) is 0 Å². The third-order valence-corrected chi connectivity index (χ3v) is 1.31. The Morgan fingerprint density at radius 3 is 2.25 bits per heavy atom. The van der Waals surface area contributed by atoms with Crippen LogP contribution in [0.3, 0.4) is 0 Å². The zero-order chi connectivity index (χ0) is 10.9. The molecule has 0 unspecified atom stereocenters. The van der Waals surface area contributed by atoms with Gasteiger partial charge in [-0.2, -0.15) is 0 Å². The molecular formula is C5H6KN3O7. The van der Waals surface area contributed by atoms with Crippen molar-refractivity contribution in [3.05, 3.63) is 36.6 Å². The molecule has 0 radical (unpaired) electrons. The van der Waals surface area contributed by atoms with Crippen molar-refractivity contribution in [2.75, 3.05) is 0 Å². The van der Waals surface area contributed by atoms with Gasteiger partial charge >= 0.3 is 74.3 Å². The molecule has 0 aliphatic heterocycles. The number of aromatic amines is 2. The SMILES string of the molecule is O.O=C(O)c1[nH]c(=O)[nH]c(=O)c1[N+](=O)[O-].[H-].[K+]. The van der Waals surface area contributed by atoms with E-state index in [0.717, 1.165) is 0 Å². The number of hydrogen-bond acceptors (Lipinski definition) is 5. The van der Waals surface area contributed by atoms with Crippen LogP contribution in [0.1, 0.15) is 11.9 Å². The van der Waals surface area contributed by atoms with Crippen molar-refractivity contribution in [2.24, 2.45) is 0 Å². The van der Waals surface area contributed by atoms with E-state index < -0.39 is 33.5 Å². The van der Waals surface area contributed by atoms with Crippen molar-refractivity contribution in [1.82, 2.24) is 9.97 Å². The number of rotatable bonds is 2. The number of carboxylic acid groups (broad SMARTS) is 1. The van der Waals surface area contributed by atoms with Crippen LogP contribution in [-0.2, 0) is 0 Å². The Hall–Kier alpha value is -0.854. The molecule has 0 saturated carbocycles. The Kier molecular flexibility index (Phi) is 7.31. The smallest absolute Gasteiger partial charge is 1.00 e. The van der Waals surface area contributed by atoms with Crippen molar-refractivity contribution < 1.29 is 73.1 Å². The molecule has 10 nitrogen and oxygen atoms in total. The van der Waals surface area contributed by atoms with Gasteiger partial charge in [-0.25, -0.2) is 9.59 Å². The zero-order valence-electron chi connectivity index (χ0n) is 8.94. The summed E-state index contributed by atoms with van der Waals surface area (Å²) < 4.78 is 0. The molecule has 1 aromatic heterocycles. The van der Waals surface area contributed by atoms with E-state index in [1.54, 1.807) is 9.97 Å². The summed E-state index contributed by atoms with van der Waals surface area (Å²) in [6.45, 7) is 0. The number of H-pyrrole nitrogens is 2. The fourth-order valence-corrected chi connectivity index (χ4v) is 0.809. The van der Waals surface area contributed by atoms with Gasteiger partial charge in [0.05, 0.1) is 4.92 Å². The second-order valence-electron chi connectivity index (χ2n) is 2.19. The standard InChI is InChI=1S/C5H3N3O6.K.H2O.H/c9-3-2(8(13)14)1(4(10)11)6-5(12)7-3;;;/h(H,10,11)(H2,6,7,9,12);;1H2;/q;+1;;-1. The minimum atomic E-state index is -1.75. The fourth-order valence-electron chi connectivity index (χ4n) is 0.809. The summed E-state index contributed by atoms with van der Waals surface area (Å²) in [5.74, 6) is -1.75. The molecule has 0 fully saturated rings. The number of carbonyl (C=O) groups is 1. The number of aromatic nitrogens is 2. The Morgan fingerprint density at radius 1 is 1.38 bits per heavy atom. The number of aromatic carboxylic acids is 1. The van der Waals surface area contributed by atoms with Crippen LogP contribution in [0, 0.1) is 10.1 Å². The van der Waals surface area contributed by atoms with Crippen molar-refractivity contribution in [2.45, 2.75) is 0 Å². The van der Waals surface area contributed by atoms with Crippen LogP contribution >= 0.6 is 0 Å². The largest absolute Gasteiger partial charge is 1.00 e. The Balaban J connectivity index is -0.000000653. The first-order chi connectivity index (χ1) is 6.43. The number of nitrogens with zero attached hydrogens (tertiary/aromatic N) is 1. The number of nitro groups is 1. The van der Waals surface area contributed by atoms with Crippen LogP contribution < -0.4 is 62.6 Å². The summed E-state index contributed by atoms with van der Waals surface area (Å²) >= 11 is 0. The summed E-state index contributed by atoms with van der Waals surface area (Å²) in [7, 11) is 0. The molecule has 1 rings (SSSR count). The van der Waals surface area contributed by atoms with E-state index in [2.05, 4.69) is 0 Å². The summed E-state index contributed by atoms with van der Waals surface area (Å²) in [5, 5.41) is 18.7. The Bertz CT molecular complexity index is 523. The first kappa shape index (κ1) is 17.5. The predicted molar refractivity (Wildman–Crippen MR) is 46.0 cm³/mol. The molecule has 1 heterocycles. The van der Waals surface area contributed by atoms with Crippen LogP contribution in [0.15, 0.2) is 9.59 Å². The predicted octanol–water partition coefficient (Wildman–Crippen LogP) is -5.04. The molecule has 16 heavy (non-hydrogen) atoms.